The van der Waals surface area contributed by atoms with Crippen molar-refractivity contribution in [3.8, 4) is 0 Å². The van der Waals surface area contributed by atoms with E-state index in [0.29, 0.717) is 5.82 Å². The monoisotopic (exact) mass is 210 g/mol. The maximum Gasteiger partial charge on any atom is 0.394 e. The molecule has 0 spiro atoms. The van der Waals surface area contributed by atoms with Gasteiger partial charge in [0.1, 0.15) is 0 Å². The Kier molecular flexibility index (Phi) is 2.70. The largest absolute Gasteiger partial charge is 0.474 e. The molecule has 1 aromatic heterocycles. The Bertz CT molecular complexity index is 361. The molecule has 5 nitrogen and oxygen atoms in total. The molecule has 0 bridgehead atoms. The van der Waals surface area contributed by atoms with E-state index in [9.17, 15) is 4.79 Å². The Labute approximate surface area is 87.5 Å². The van der Waals surface area contributed by atoms with Crippen molar-refractivity contribution in [1.82, 2.24) is 10.1 Å². The zero-order valence-electron chi connectivity index (χ0n) is 8.64. The molecular weight excluding hydrogens is 196 g/mol. The molecule has 0 aromatic carbocycles. The Hall–Kier alpha value is -1.39. The summed E-state index contributed by atoms with van der Waals surface area (Å²) in [6.45, 7) is 2.17. The van der Waals surface area contributed by atoms with Gasteiger partial charge in [0.05, 0.1) is 0 Å². The molecule has 1 aliphatic rings. The second-order valence-corrected chi connectivity index (χ2v) is 4.05. The molecule has 15 heavy (non-hydrogen) atoms. The maximum atomic E-state index is 10.6. The normalized spacial score (nSPS) is 25.7. The van der Waals surface area contributed by atoms with Crippen molar-refractivity contribution in [3.63, 3.8) is 0 Å². The van der Waals surface area contributed by atoms with Crippen molar-refractivity contribution in [3.05, 3.63) is 11.7 Å². The van der Waals surface area contributed by atoms with Crippen LogP contribution in [0.4, 0.5) is 0 Å². The molecule has 2 rings (SSSR count). The van der Waals surface area contributed by atoms with Gasteiger partial charge in [-0.2, -0.15) is 4.98 Å². The SMILES string of the molecule is CCC1CCC(c2noc(C(=O)O)n2)C1. The summed E-state index contributed by atoms with van der Waals surface area (Å²) < 4.78 is 4.65. The van der Waals surface area contributed by atoms with E-state index in [4.69, 9.17) is 5.11 Å². The second kappa shape index (κ2) is 4.00. The average Bonchev–Trinajstić information content (AvgIpc) is 2.86. The first kappa shape index (κ1) is 10.1. The highest BCUT2D eigenvalue weighted by Gasteiger charge is 2.29. The number of hydrogen-bond donors (Lipinski definition) is 1. The van der Waals surface area contributed by atoms with Gasteiger partial charge in [0, 0.05) is 5.92 Å². The highest BCUT2D eigenvalue weighted by Crippen LogP contribution is 2.38. The third-order valence-electron chi connectivity index (χ3n) is 3.11. The van der Waals surface area contributed by atoms with Gasteiger partial charge < -0.3 is 9.63 Å². The van der Waals surface area contributed by atoms with E-state index >= 15 is 0 Å². The second-order valence-electron chi connectivity index (χ2n) is 4.05. The molecule has 0 radical (unpaired) electrons. The summed E-state index contributed by atoms with van der Waals surface area (Å²) in [6.07, 6.45) is 4.43. The predicted octanol–water partition coefficient (Wildman–Crippen LogP) is 2.06. The van der Waals surface area contributed by atoms with E-state index in [1.807, 2.05) is 0 Å². The lowest BCUT2D eigenvalue weighted by Crippen LogP contribution is -2.00. The van der Waals surface area contributed by atoms with Crippen LogP contribution in [0, 0.1) is 5.92 Å². The Morgan fingerprint density at radius 2 is 2.40 bits per heavy atom. The topological polar surface area (TPSA) is 76.2 Å². The molecule has 2 atom stereocenters. The minimum Gasteiger partial charge on any atom is -0.474 e. The van der Waals surface area contributed by atoms with Crippen LogP contribution in [0.1, 0.15) is 55.0 Å². The van der Waals surface area contributed by atoms with Gasteiger partial charge in [0.2, 0.25) is 0 Å². The predicted molar refractivity (Wildman–Crippen MR) is 51.6 cm³/mol. The van der Waals surface area contributed by atoms with E-state index in [2.05, 4.69) is 21.6 Å². The van der Waals surface area contributed by atoms with Crippen molar-refractivity contribution in [2.75, 3.05) is 0 Å². The number of carboxylic acids is 1. The van der Waals surface area contributed by atoms with Crippen molar-refractivity contribution < 1.29 is 14.4 Å². The van der Waals surface area contributed by atoms with Crippen molar-refractivity contribution in [2.45, 2.75) is 38.5 Å². The third-order valence-corrected chi connectivity index (χ3v) is 3.11. The van der Waals surface area contributed by atoms with Gasteiger partial charge in [-0.15, -0.1) is 0 Å². The van der Waals surface area contributed by atoms with Crippen molar-refractivity contribution >= 4 is 5.97 Å². The summed E-state index contributed by atoms with van der Waals surface area (Å²) in [4.78, 5) is 14.4. The number of carbonyl (C=O) groups is 1. The van der Waals surface area contributed by atoms with E-state index < -0.39 is 5.97 Å². The minimum absolute atomic E-state index is 0.284. The van der Waals surface area contributed by atoms with Gasteiger partial charge in [0.25, 0.3) is 0 Å². The number of carboxylic acid groups (broad SMARTS) is 1. The van der Waals surface area contributed by atoms with E-state index in [0.717, 1.165) is 18.8 Å². The Morgan fingerprint density at radius 3 is 2.93 bits per heavy atom. The maximum absolute atomic E-state index is 10.6. The molecule has 82 valence electrons. The van der Waals surface area contributed by atoms with Crippen LogP contribution in [0.25, 0.3) is 0 Å². The van der Waals surface area contributed by atoms with Crippen LogP contribution < -0.4 is 0 Å². The molecule has 1 aliphatic carbocycles. The average molecular weight is 210 g/mol. The summed E-state index contributed by atoms with van der Waals surface area (Å²) in [5.74, 6) is 0.112. The summed E-state index contributed by atoms with van der Waals surface area (Å²) in [5, 5.41) is 12.4. The van der Waals surface area contributed by atoms with Gasteiger partial charge in [-0.25, -0.2) is 4.79 Å². The van der Waals surface area contributed by atoms with E-state index in [-0.39, 0.29) is 11.8 Å². The van der Waals surface area contributed by atoms with Crippen LogP contribution in [0.3, 0.4) is 0 Å². The lowest BCUT2D eigenvalue weighted by Gasteiger charge is -2.04. The van der Waals surface area contributed by atoms with Gasteiger partial charge in [-0.05, 0) is 25.2 Å². The van der Waals surface area contributed by atoms with Crippen LogP contribution in [-0.4, -0.2) is 21.2 Å². The number of aromatic nitrogens is 2. The summed E-state index contributed by atoms with van der Waals surface area (Å²) >= 11 is 0. The van der Waals surface area contributed by atoms with Gasteiger partial charge in [0.15, 0.2) is 5.82 Å². The standard InChI is InChI=1S/C10H14N2O3/c1-2-6-3-4-7(5-6)8-11-9(10(13)14)15-12-8/h6-7H,2-5H2,1H3,(H,13,14). The van der Waals surface area contributed by atoms with Gasteiger partial charge >= 0.3 is 11.9 Å². The minimum atomic E-state index is -1.15. The van der Waals surface area contributed by atoms with Crippen molar-refractivity contribution in [2.24, 2.45) is 5.92 Å². The van der Waals surface area contributed by atoms with Gasteiger partial charge in [-0.3, -0.25) is 0 Å². The molecule has 1 saturated carbocycles. The fraction of sp³-hybridized carbons (Fsp3) is 0.700. The Balaban J connectivity index is 2.07. The lowest BCUT2D eigenvalue weighted by atomic mass is 10.0. The number of rotatable bonds is 3. The molecule has 1 aromatic rings. The number of aromatic carboxylic acids is 1. The fourth-order valence-electron chi connectivity index (χ4n) is 2.17. The molecule has 2 unspecified atom stereocenters. The lowest BCUT2D eigenvalue weighted by molar-refractivity contribution is 0.0643. The van der Waals surface area contributed by atoms with Crippen LogP contribution in [0.2, 0.25) is 0 Å². The van der Waals surface area contributed by atoms with Crippen LogP contribution in [0.5, 0.6) is 0 Å². The molecule has 0 saturated heterocycles. The zero-order chi connectivity index (χ0) is 10.8. The molecule has 0 amide bonds. The first-order valence-electron chi connectivity index (χ1n) is 5.27. The van der Waals surface area contributed by atoms with E-state index in [1.54, 1.807) is 0 Å². The Morgan fingerprint density at radius 1 is 1.60 bits per heavy atom. The highest BCUT2D eigenvalue weighted by molar-refractivity contribution is 5.81. The van der Waals surface area contributed by atoms with Gasteiger partial charge in [-0.1, -0.05) is 18.5 Å². The molecule has 1 heterocycles. The third kappa shape index (κ3) is 2.00. The quantitative estimate of drug-likeness (QED) is 0.826. The summed E-state index contributed by atoms with van der Waals surface area (Å²) in [5.41, 5.74) is 0. The van der Waals surface area contributed by atoms with Crippen LogP contribution in [0.15, 0.2) is 4.52 Å². The highest BCUT2D eigenvalue weighted by atomic mass is 16.5. The molecular formula is C10H14N2O3. The number of hydrogen-bond acceptors (Lipinski definition) is 4. The first-order valence-corrected chi connectivity index (χ1v) is 5.27. The first-order chi connectivity index (χ1) is 7.20. The van der Waals surface area contributed by atoms with Crippen LogP contribution in [-0.2, 0) is 0 Å². The smallest absolute Gasteiger partial charge is 0.394 e. The van der Waals surface area contributed by atoms with Crippen molar-refractivity contribution in [1.29, 1.82) is 0 Å². The van der Waals surface area contributed by atoms with Crippen LogP contribution >= 0.6 is 0 Å². The molecule has 1 fully saturated rings. The zero-order valence-corrected chi connectivity index (χ0v) is 8.64. The summed E-state index contributed by atoms with van der Waals surface area (Å²) in [7, 11) is 0. The summed E-state index contributed by atoms with van der Waals surface area (Å²) in [6, 6.07) is 0. The van der Waals surface area contributed by atoms with E-state index in [1.165, 1.54) is 12.8 Å². The number of nitrogens with zero attached hydrogens (tertiary/aromatic N) is 2. The molecule has 0 aliphatic heterocycles. The molecule has 5 heteroatoms. The fourth-order valence-corrected chi connectivity index (χ4v) is 2.17. The molecule has 1 N–H and O–H groups in total.